The normalized spacial score (nSPS) is 17.3. The van der Waals surface area contributed by atoms with Gasteiger partial charge in [0.05, 0.1) is 11.4 Å². The summed E-state index contributed by atoms with van der Waals surface area (Å²) < 4.78 is 0. The summed E-state index contributed by atoms with van der Waals surface area (Å²) in [6.45, 7) is 5.90. The average molecular weight is 315 g/mol. The SMILES string of the molecule is CCN1c2ccccc2N(C(=O)c2cccc(Cl)c2)CC1C. The van der Waals surface area contributed by atoms with Gasteiger partial charge in [-0.2, -0.15) is 0 Å². The number of hydrogen-bond acceptors (Lipinski definition) is 2. The summed E-state index contributed by atoms with van der Waals surface area (Å²) in [5.74, 6) is -0.00227. The Hall–Kier alpha value is -2.00. The van der Waals surface area contributed by atoms with E-state index in [-0.39, 0.29) is 11.9 Å². The average Bonchev–Trinajstić information content (AvgIpc) is 2.53. The van der Waals surface area contributed by atoms with Crippen LogP contribution in [0.4, 0.5) is 11.4 Å². The third-order valence-corrected chi connectivity index (χ3v) is 4.35. The number of likely N-dealkylation sites (N-methyl/N-ethyl adjacent to an activating group) is 1. The second kappa shape index (κ2) is 6.01. The van der Waals surface area contributed by atoms with Crippen molar-refractivity contribution < 1.29 is 4.79 Å². The van der Waals surface area contributed by atoms with Crippen LogP contribution in [0.15, 0.2) is 48.5 Å². The fourth-order valence-corrected chi connectivity index (χ4v) is 3.28. The Kier molecular flexibility index (Phi) is 4.08. The molecule has 114 valence electrons. The van der Waals surface area contributed by atoms with E-state index < -0.39 is 0 Å². The zero-order valence-electron chi connectivity index (χ0n) is 12.8. The second-order valence-corrected chi connectivity index (χ2v) is 5.99. The fourth-order valence-electron chi connectivity index (χ4n) is 3.09. The number of nitrogens with zero attached hydrogens (tertiary/aromatic N) is 2. The lowest BCUT2D eigenvalue weighted by Gasteiger charge is -2.42. The Morgan fingerprint density at radius 3 is 2.59 bits per heavy atom. The third kappa shape index (κ3) is 2.57. The molecule has 0 spiro atoms. The number of halogens is 1. The van der Waals surface area contributed by atoms with E-state index in [4.69, 9.17) is 11.6 Å². The van der Waals surface area contributed by atoms with Crippen LogP contribution in [-0.2, 0) is 0 Å². The van der Waals surface area contributed by atoms with Crippen LogP contribution in [0.5, 0.6) is 0 Å². The summed E-state index contributed by atoms with van der Waals surface area (Å²) >= 11 is 6.02. The van der Waals surface area contributed by atoms with Gasteiger partial charge in [0.2, 0.25) is 0 Å². The van der Waals surface area contributed by atoms with Crippen LogP contribution in [-0.4, -0.2) is 25.0 Å². The van der Waals surface area contributed by atoms with Crippen molar-refractivity contribution in [3.8, 4) is 0 Å². The van der Waals surface area contributed by atoms with Gasteiger partial charge in [-0.15, -0.1) is 0 Å². The van der Waals surface area contributed by atoms with Crippen LogP contribution in [0.1, 0.15) is 24.2 Å². The first-order chi connectivity index (χ1) is 10.6. The van der Waals surface area contributed by atoms with E-state index in [1.807, 2.05) is 35.2 Å². The Balaban J connectivity index is 2.02. The molecule has 0 N–H and O–H groups in total. The molecule has 2 aromatic rings. The predicted molar refractivity (Wildman–Crippen MR) is 92.1 cm³/mol. The van der Waals surface area contributed by atoms with Gasteiger partial charge in [-0.3, -0.25) is 4.79 Å². The van der Waals surface area contributed by atoms with E-state index in [9.17, 15) is 4.79 Å². The molecule has 2 aromatic carbocycles. The first-order valence-electron chi connectivity index (χ1n) is 7.55. The molecule has 0 radical (unpaired) electrons. The number of fused-ring (bicyclic) bond motifs is 1. The maximum absolute atomic E-state index is 12.9. The Morgan fingerprint density at radius 1 is 1.18 bits per heavy atom. The molecule has 0 fully saturated rings. The van der Waals surface area contributed by atoms with Crippen LogP contribution < -0.4 is 9.80 Å². The van der Waals surface area contributed by atoms with Crippen molar-refractivity contribution in [3.63, 3.8) is 0 Å². The van der Waals surface area contributed by atoms with Gasteiger partial charge in [-0.05, 0) is 44.2 Å². The molecule has 1 heterocycles. The van der Waals surface area contributed by atoms with Crippen LogP contribution in [0, 0.1) is 0 Å². The number of rotatable bonds is 2. The summed E-state index contributed by atoms with van der Waals surface area (Å²) in [5, 5.41) is 0.583. The van der Waals surface area contributed by atoms with Crippen LogP contribution in [0.25, 0.3) is 0 Å². The minimum absolute atomic E-state index is 0.00227. The van der Waals surface area contributed by atoms with Crippen molar-refractivity contribution in [2.24, 2.45) is 0 Å². The number of hydrogen-bond donors (Lipinski definition) is 0. The zero-order valence-corrected chi connectivity index (χ0v) is 13.5. The smallest absolute Gasteiger partial charge is 0.258 e. The lowest BCUT2D eigenvalue weighted by molar-refractivity contribution is 0.0984. The highest BCUT2D eigenvalue weighted by Gasteiger charge is 2.30. The maximum Gasteiger partial charge on any atom is 0.258 e. The molecule has 4 heteroatoms. The summed E-state index contributed by atoms with van der Waals surface area (Å²) in [5.41, 5.74) is 2.70. The van der Waals surface area contributed by atoms with Crippen LogP contribution in [0.2, 0.25) is 5.02 Å². The molecule has 0 saturated heterocycles. The molecule has 1 aliphatic rings. The van der Waals surface area contributed by atoms with E-state index >= 15 is 0 Å². The Labute approximate surface area is 136 Å². The molecule has 1 amide bonds. The standard InChI is InChI=1S/C18H19ClN2O/c1-3-20-13(2)12-21(17-10-5-4-9-16(17)20)18(22)14-7-6-8-15(19)11-14/h4-11,13H,3,12H2,1-2H3. The summed E-state index contributed by atoms with van der Waals surface area (Å²) in [4.78, 5) is 17.1. The summed E-state index contributed by atoms with van der Waals surface area (Å²) in [7, 11) is 0. The highest BCUT2D eigenvalue weighted by Crippen LogP contribution is 2.36. The number of amides is 1. The molecule has 0 aliphatic carbocycles. The lowest BCUT2D eigenvalue weighted by Crippen LogP contribution is -2.49. The van der Waals surface area contributed by atoms with Crippen LogP contribution >= 0.6 is 11.6 Å². The molecule has 0 saturated carbocycles. The largest absolute Gasteiger partial charge is 0.366 e. The van der Waals surface area contributed by atoms with Gasteiger partial charge >= 0.3 is 0 Å². The van der Waals surface area contributed by atoms with Crippen molar-refractivity contribution in [2.45, 2.75) is 19.9 Å². The maximum atomic E-state index is 12.9. The molecule has 1 unspecified atom stereocenters. The molecule has 22 heavy (non-hydrogen) atoms. The monoisotopic (exact) mass is 314 g/mol. The number of benzene rings is 2. The highest BCUT2D eigenvalue weighted by atomic mass is 35.5. The van der Waals surface area contributed by atoms with Crippen molar-refractivity contribution in [2.75, 3.05) is 22.9 Å². The molecule has 0 aromatic heterocycles. The van der Waals surface area contributed by atoms with Gasteiger partial charge in [0.15, 0.2) is 0 Å². The molecular formula is C18H19ClN2O. The number of carbonyl (C=O) groups is 1. The molecular weight excluding hydrogens is 296 g/mol. The van der Waals surface area contributed by atoms with Gasteiger partial charge in [-0.25, -0.2) is 0 Å². The number of para-hydroxylation sites is 2. The fraction of sp³-hybridized carbons (Fsp3) is 0.278. The third-order valence-electron chi connectivity index (χ3n) is 4.12. The van der Waals surface area contributed by atoms with Crippen molar-refractivity contribution in [1.29, 1.82) is 0 Å². The number of carbonyl (C=O) groups excluding carboxylic acids is 1. The van der Waals surface area contributed by atoms with Crippen LogP contribution in [0.3, 0.4) is 0 Å². The van der Waals surface area contributed by atoms with Gasteiger partial charge < -0.3 is 9.80 Å². The first kappa shape index (κ1) is 14.9. The minimum atomic E-state index is -0.00227. The van der Waals surface area contributed by atoms with Crippen molar-refractivity contribution in [3.05, 3.63) is 59.1 Å². The van der Waals surface area contributed by atoms with Gasteiger partial charge in [0, 0.05) is 29.7 Å². The van der Waals surface area contributed by atoms with Gasteiger partial charge in [-0.1, -0.05) is 29.8 Å². The molecule has 3 rings (SSSR count). The van der Waals surface area contributed by atoms with Crippen molar-refractivity contribution in [1.82, 2.24) is 0 Å². The van der Waals surface area contributed by atoms with Crippen molar-refractivity contribution >= 4 is 28.9 Å². The second-order valence-electron chi connectivity index (χ2n) is 5.55. The first-order valence-corrected chi connectivity index (χ1v) is 7.92. The topological polar surface area (TPSA) is 23.6 Å². The molecule has 1 atom stereocenters. The van der Waals surface area contributed by atoms with E-state index in [1.165, 1.54) is 0 Å². The molecule has 1 aliphatic heterocycles. The Bertz CT molecular complexity index is 701. The molecule has 0 bridgehead atoms. The summed E-state index contributed by atoms with van der Waals surface area (Å²) in [6.07, 6.45) is 0. The predicted octanol–water partition coefficient (Wildman–Crippen LogP) is 4.22. The van der Waals surface area contributed by atoms with E-state index in [2.05, 4.69) is 24.8 Å². The van der Waals surface area contributed by atoms with E-state index in [1.54, 1.807) is 12.1 Å². The zero-order chi connectivity index (χ0) is 15.7. The lowest BCUT2D eigenvalue weighted by atomic mass is 10.1. The van der Waals surface area contributed by atoms with Gasteiger partial charge in [0.25, 0.3) is 5.91 Å². The summed E-state index contributed by atoms with van der Waals surface area (Å²) in [6, 6.07) is 15.5. The van der Waals surface area contributed by atoms with Gasteiger partial charge in [0.1, 0.15) is 0 Å². The van der Waals surface area contributed by atoms with E-state index in [0.29, 0.717) is 17.1 Å². The molecule has 3 nitrogen and oxygen atoms in total. The minimum Gasteiger partial charge on any atom is -0.366 e. The quantitative estimate of drug-likeness (QED) is 0.828. The number of anilines is 2. The Morgan fingerprint density at radius 2 is 1.91 bits per heavy atom. The highest BCUT2D eigenvalue weighted by molar-refractivity contribution is 6.31. The van der Waals surface area contributed by atoms with E-state index in [0.717, 1.165) is 17.9 Å².